The largest absolute Gasteiger partial charge is 0.354 e. The average Bonchev–Trinajstić information content (AvgIpc) is 2.95. The Morgan fingerprint density at radius 3 is 1.88 bits per heavy atom. The van der Waals surface area contributed by atoms with E-state index in [0.717, 1.165) is 23.3 Å². The molecule has 0 atom stereocenters. The molecule has 1 aromatic heterocycles. The molecule has 1 heterocycles. The van der Waals surface area contributed by atoms with E-state index in [4.69, 9.17) is 4.98 Å². The molecule has 0 fully saturated rings. The van der Waals surface area contributed by atoms with E-state index in [1.807, 2.05) is 59.2 Å². The predicted molar refractivity (Wildman–Crippen MR) is 157 cm³/mol. The number of para-hydroxylation sites is 3. The van der Waals surface area contributed by atoms with Gasteiger partial charge in [-0.3, -0.25) is 13.7 Å². The minimum Gasteiger partial charge on any atom is -0.354 e. The van der Waals surface area contributed by atoms with Gasteiger partial charge in [0.25, 0.3) is 30.4 Å². The van der Waals surface area contributed by atoms with E-state index < -0.39 is 45.0 Å². The van der Waals surface area contributed by atoms with Gasteiger partial charge in [-0.25, -0.2) is 4.98 Å². The van der Waals surface area contributed by atoms with Gasteiger partial charge in [-0.05, 0) is 36.4 Å². The van der Waals surface area contributed by atoms with Gasteiger partial charge in [-0.15, -0.1) is 4.57 Å². The van der Waals surface area contributed by atoms with Gasteiger partial charge in [0.2, 0.25) is 16.7 Å². The van der Waals surface area contributed by atoms with E-state index in [2.05, 4.69) is 5.32 Å². The first-order valence-corrected chi connectivity index (χ1v) is 16.6. The minimum atomic E-state index is -5.03. The average molecular weight is 639 g/mol. The summed E-state index contributed by atoms with van der Waals surface area (Å²) in [6.45, 7) is 0. The van der Waals surface area contributed by atoms with E-state index in [1.54, 1.807) is 6.07 Å². The van der Waals surface area contributed by atoms with Crippen LogP contribution in [0.3, 0.4) is 0 Å². The third-order valence-electron chi connectivity index (χ3n) is 6.77. The van der Waals surface area contributed by atoms with Crippen LogP contribution in [-0.4, -0.2) is 43.9 Å². The topological polar surface area (TPSA) is 192 Å². The highest BCUT2D eigenvalue weighted by Crippen LogP contribution is 2.36. The first-order valence-electron chi connectivity index (χ1n) is 12.3. The summed E-state index contributed by atoms with van der Waals surface area (Å²) in [4.78, 5) is 2.74. The lowest BCUT2D eigenvalue weighted by Crippen LogP contribution is -2.33. The number of nitrogens with zero attached hydrogens (tertiary/aromatic N) is 2. The molecule has 12 nitrogen and oxygen atoms in total. The molecule has 0 amide bonds. The van der Waals surface area contributed by atoms with Crippen molar-refractivity contribution >= 4 is 74.6 Å². The molecule has 218 valence electrons. The number of benzene rings is 5. The summed E-state index contributed by atoms with van der Waals surface area (Å²) in [6, 6.07) is 24.6. The zero-order valence-electron chi connectivity index (χ0n) is 21.6. The Hall–Kier alpha value is -4.51. The molecule has 4 N–H and O–H groups in total. The van der Waals surface area contributed by atoms with Crippen molar-refractivity contribution in [2.24, 2.45) is 0 Å². The van der Waals surface area contributed by atoms with E-state index in [1.165, 1.54) is 18.2 Å². The van der Waals surface area contributed by atoms with Crippen molar-refractivity contribution in [1.82, 2.24) is 4.98 Å². The van der Waals surface area contributed by atoms with Crippen LogP contribution in [-0.2, 0) is 30.4 Å². The maximum absolute atomic E-state index is 12.3. The second-order valence-corrected chi connectivity index (χ2v) is 13.7. The second-order valence-electron chi connectivity index (χ2n) is 9.48. The molecule has 0 saturated carbocycles. The monoisotopic (exact) mass is 638 g/mol. The number of anilines is 2. The van der Waals surface area contributed by atoms with Gasteiger partial charge in [0.1, 0.15) is 15.9 Å². The normalized spacial score (nSPS) is 12.6. The van der Waals surface area contributed by atoms with Crippen LogP contribution in [0.15, 0.2) is 112 Å². The van der Waals surface area contributed by atoms with E-state index in [9.17, 15) is 38.9 Å². The van der Waals surface area contributed by atoms with Crippen LogP contribution in [0.5, 0.6) is 0 Å². The Labute approximate surface area is 245 Å². The SMILES string of the molecule is O=S(=O)(O)c1ccc(Nc2cc3c(nc4ccccc4[n+]3-c3ccccc3)c3ccc(S(=O)(=O)O)cc23)c(S(=O)(=O)O)c1. The first-order chi connectivity index (χ1) is 20.2. The minimum absolute atomic E-state index is 0.124. The van der Waals surface area contributed by atoms with Gasteiger partial charge in [0.15, 0.2) is 0 Å². The molecule has 0 aliphatic rings. The lowest BCUT2D eigenvalue weighted by Gasteiger charge is -2.15. The summed E-state index contributed by atoms with van der Waals surface area (Å²) in [6.07, 6.45) is 0. The fourth-order valence-electron chi connectivity index (χ4n) is 4.90. The summed E-state index contributed by atoms with van der Waals surface area (Å²) >= 11 is 0. The molecule has 43 heavy (non-hydrogen) atoms. The van der Waals surface area contributed by atoms with Crippen LogP contribution in [0.1, 0.15) is 0 Å². The molecule has 0 saturated heterocycles. The van der Waals surface area contributed by atoms with Gasteiger partial charge in [0.05, 0.1) is 21.2 Å². The number of hydrogen-bond acceptors (Lipinski definition) is 8. The van der Waals surface area contributed by atoms with Crippen molar-refractivity contribution in [2.75, 3.05) is 5.32 Å². The van der Waals surface area contributed by atoms with E-state index in [0.29, 0.717) is 28.0 Å². The molecule has 6 rings (SSSR count). The summed E-state index contributed by atoms with van der Waals surface area (Å²) < 4.78 is 103. The van der Waals surface area contributed by atoms with Crippen molar-refractivity contribution < 1.29 is 43.5 Å². The summed E-state index contributed by atoms with van der Waals surface area (Å²) in [7, 11) is -14.5. The lowest BCUT2D eigenvalue weighted by molar-refractivity contribution is -0.538. The Kier molecular flexibility index (Phi) is 6.68. The molecule has 0 aliphatic heterocycles. The van der Waals surface area contributed by atoms with Gasteiger partial charge < -0.3 is 5.32 Å². The van der Waals surface area contributed by atoms with Gasteiger partial charge in [-0.1, -0.05) is 36.4 Å². The zero-order chi connectivity index (χ0) is 30.7. The Morgan fingerprint density at radius 1 is 0.581 bits per heavy atom. The van der Waals surface area contributed by atoms with Gasteiger partial charge >= 0.3 is 0 Å². The highest BCUT2D eigenvalue weighted by Gasteiger charge is 2.26. The van der Waals surface area contributed by atoms with Crippen molar-refractivity contribution in [3.05, 3.63) is 97.1 Å². The van der Waals surface area contributed by atoms with Crippen LogP contribution in [0.2, 0.25) is 0 Å². The predicted octanol–water partition coefficient (Wildman–Crippen LogP) is 4.30. The molecule has 0 radical (unpaired) electrons. The molecule has 0 spiro atoms. The number of nitrogens with one attached hydrogen (secondary N) is 1. The fraction of sp³-hybridized carbons (Fsp3) is 0. The van der Waals surface area contributed by atoms with Crippen LogP contribution >= 0.6 is 0 Å². The number of rotatable bonds is 6. The Balaban J connectivity index is 1.74. The van der Waals surface area contributed by atoms with Crippen LogP contribution < -0.4 is 9.88 Å². The summed E-state index contributed by atoms with van der Waals surface area (Å²) in [5.41, 5.74) is 2.89. The highest BCUT2D eigenvalue weighted by molar-refractivity contribution is 7.86. The van der Waals surface area contributed by atoms with Crippen molar-refractivity contribution in [3.63, 3.8) is 0 Å². The third kappa shape index (κ3) is 5.29. The van der Waals surface area contributed by atoms with E-state index >= 15 is 0 Å². The standard InChI is InChI=1S/C28H19N3O9S3/c32-41(33,34)18-10-12-20-21(14-18)24(29-23-13-11-19(42(35,36)37)15-27(23)43(38,39)40)16-26-28(20)30-22-8-4-5-9-25(22)31(26)17-6-2-1-3-7-17/h1-16H,(H3,32,33,34,35,36,37,38,39,40)/p+1. The molecule has 15 heteroatoms. The fourth-order valence-corrected chi connectivity index (χ4v) is 6.66. The molecular weight excluding hydrogens is 619 g/mol. The second kappa shape index (κ2) is 10.0. The van der Waals surface area contributed by atoms with Crippen molar-refractivity contribution in [2.45, 2.75) is 14.7 Å². The van der Waals surface area contributed by atoms with Crippen LogP contribution in [0.25, 0.3) is 38.5 Å². The van der Waals surface area contributed by atoms with Crippen LogP contribution in [0, 0.1) is 0 Å². The van der Waals surface area contributed by atoms with Crippen molar-refractivity contribution in [1.29, 1.82) is 0 Å². The van der Waals surface area contributed by atoms with E-state index in [-0.39, 0.29) is 16.8 Å². The Morgan fingerprint density at radius 2 is 1.21 bits per heavy atom. The maximum atomic E-state index is 12.3. The number of fused-ring (bicyclic) bond motifs is 4. The third-order valence-corrected chi connectivity index (χ3v) is 9.36. The number of aromatic nitrogens is 2. The van der Waals surface area contributed by atoms with Crippen LogP contribution in [0.4, 0.5) is 11.4 Å². The number of hydrogen-bond donors (Lipinski definition) is 4. The summed E-state index contributed by atoms with van der Waals surface area (Å²) in [5, 5.41) is 3.49. The van der Waals surface area contributed by atoms with Gasteiger partial charge in [0, 0.05) is 35.0 Å². The van der Waals surface area contributed by atoms with Crippen molar-refractivity contribution in [3.8, 4) is 5.69 Å². The molecule has 0 aliphatic carbocycles. The zero-order valence-corrected chi connectivity index (χ0v) is 24.1. The molecular formula is C28H20N3O9S3+. The molecule has 0 unspecified atom stereocenters. The Bertz CT molecular complexity index is 2450. The first kappa shape index (κ1) is 28.6. The summed E-state index contributed by atoms with van der Waals surface area (Å²) in [5.74, 6) is 0. The molecule has 6 aromatic rings. The molecule has 5 aromatic carbocycles. The highest BCUT2D eigenvalue weighted by atomic mass is 32.2. The van der Waals surface area contributed by atoms with Gasteiger partial charge in [-0.2, -0.15) is 25.3 Å². The quantitative estimate of drug-likeness (QED) is 0.0880. The molecule has 0 bridgehead atoms. The lowest BCUT2D eigenvalue weighted by atomic mass is 10.0. The smallest absolute Gasteiger partial charge is 0.296 e. The maximum Gasteiger partial charge on any atom is 0.296 e.